The van der Waals surface area contributed by atoms with Gasteiger partial charge < -0.3 is 15.2 Å². The first-order valence-corrected chi connectivity index (χ1v) is 6.83. The van der Waals surface area contributed by atoms with E-state index in [1.54, 1.807) is 36.4 Å². The summed E-state index contributed by atoms with van der Waals surface area (Å²) >= 11 is 0. The Labute approximate surface area is 128 Å². The van der Waals surface area contributed by atoms with Gasteiger partial charge in [-0.25, -0.2) is 9.86 Å². The van der Waals surface area contributed by atoms with Crippen molar-refractivity contribution in [2.45, 2.75) is 6.10 Å². The average molecular weight is 302 g/mol. The van der Waals surface area contributed by atoms with Crippen LogP contribution in [0.2, 0.25) is 0 Å². The van der Waals surface area contributed by atoms with Crippen molar-refractivity contribution in [3.63, 3.8) is 0 Å². The minimum Gasteiger partial charge on any atom is -0.491 e. The molecule has 2 aromatic carbocycles. The minimum absolute atomic E-state index is 0.0281. The van der Waals surface area contributed by atoms with Gasteiger partial charge in [0, 0.05) is 5.69 Å². The Morgan fingerprint density at radius 1 is 1.09 bits per heavy atom. The predicted octanol–water partition coefficient (Wildman–Crippen LogP) is 2.35. The lowest BCUT2D eigenvalue weighted by Crippen LogP contribution is -2.39. The molecule has 2 aromatic rings. The highest BCUT2D eigenvalue weighted by Crippen LogP contribution is 2.09. The first-order valence-electron chi connectivity index (χ1n) is 6.83. The normalized spacial score (nSPS) is 11.5. The summed E-state index contributed by atoms with van der Waals surface area (Å²) in [4.78, 5) is 11.7. The van der Waals surface area contributed by atoms with Crippen LogP contribution in [0.1, 0.15) is 0 Å². The second-order valence-electron chi connectivity index (χ2n) is 4.66. The Morgan fingerprint density at radius 2 is 1.68 bits per heavy atom. The number of carbonyl (C=O) groups excluding carboxylic acids is 1. The maximum absolute atomic E-state index is 11.7. The zero-order valence-corrected chi connectivity index (χ0v) is 11.9. The first-order chi connectivity index (χ1) is 10.6. The third-order valence-corrected chi connectivity index (χ3v) is 2.83. The molecule has 0 bridgehead atoms. The van der Waals surface area contributed by atoms with E-state index in [-0.39, 0.29) is 13.2 Å². The molecule has 0 fully saturated rings. The van der Waals surface area contributed by atoms with Gasteiger partial charge in [0.05, 0.1) is 6.54 Å². The Morgan fingerprint density at radius 3 is 2.32 bits per heavy atom. The number of urea groups is 1. The van der Waals surface area contributed by atoms with Gasteiger partial charge in [-0.3, -0.25) is 5.21 Å². The summed E-state index contributed by atoms with van der Waals surface area (Å²) in [6.07, 6.45) is -1.01. The lowest BCUT2D eigenvalue weighted by molar-refractivity contribution is -0.0701. The molecule has 0 saturated heterocycles. The number of para-hydroxylation sites is 2. The van der Waals surface area contributed by atoms with Crippen LogP contribution in [-0.2, 0) is 0 Å². The Hall–Kier alpha value is -2.57. The smallest absolute Gasteiger partial charge is 0.345 e. The van der Waals surface area contributed by atoms with Crippen LogP contribution in [0.25, 0.3) is 0 Å². The maximum Gasteiger partial charge on any atom is 0.345 e. The van der Waals surface area contributed by atoms with Gasteiger partial charge in [-0.1, -0.05) is 36.4 Å². The van der Waals surface area contributed by atoms with Crippen molar-refractivity contribution in [1.29, 1.82) is 0 Å². The van der Waals surface area contributed by atoms with Crippen molar-refractivity contribution in [2.24, 2.45) is 0 Å². The number of hydrogen-bond acceptors (Lipinski definition) is 4. The monoisotopic (exact) mass is 302 g/mol. The number of aliphatic hydroxyl groups is 1. The zero-order valence-electron chi connectivity index (χ0n) is 11.9. The molecule has 116 valence electrons. The number of hydroxylamine groups is 2. The molecule has 2 rings (SSSR count). The summed E-state index contributed by atoms with van der Waals surface area (Å²) in [5, 5.41) is 22.4. The van der Waals surface area contributed by atoms with Crippen LogP contribution >= 0.6 is 0 Å². The van der Waals surface area contributed by atoms with E-state index in [0.29, 0.717) is 16.5 Å². The topological polar surface area (TPSA) is 82.0 Å². The largest absolute Gasteiger partial charge is 0.491 e. The van der Waals surface area contributed by atoms with E-state index in [1.807, 2.05) is 24.3 Å². The third-order valence-electron chi connectivity index (χ3n) is 2.83. The molecule has 3 N–H and O–H groups in total. The summed E-state index contributed by atoms with van der Waals surface area (Å²) in [6.45, 7) is -0.287. The van der Waals surface area contributed by atoms with Crippen LogP contribution in [0.3, 0.4) is 0 Å². The number of amides is 2. The molecule has 6 nitrogen and oxygen atoms in total. The van der Waals surface area contributed by atoms with Crippen LogP contribution in [0.15, 0.2) is 60.7 Å². The highest BCUT2D eigenvalue weighted by Gasteiger charge is 2.16. The minimum atomic E-state index is -1.01. The van der Waals surface area contributed by atoms with Gasteiger partial charge in [-0.05, 0) is 24.3 Å². The number of hydrogen-bond donors (Lipinski definition) is 3. The summed E-state index contributed by atoms with van der Waals surface area (Å²) in [7, 11) is 0. The molecule has 1 atom stereocenters. The number of benzene rings is 2. The molecule has 0 spiro atoms. The molecule has 0 aliphatic heterocycles. The van der Waals surface area contributed by atoms with Crippen LogP contribution in [-0.4, -0.2) is 40.7 Å². The Balaban J connectivity index is 1.75. The Bertz CT molecular complexity index is 577. The molecular formula is C16H18N2O4. The van der Waals surface area contributed by atoms with Crippen molar-refractivity contribution in [2.75, 3.05) is 18.5 Å². The highest BCUT2D eigenvalue weighted by molar-refractivity contribution is 5.88. The lowest BCUT2D eigenvalue weighted by atomic mass is 10.3. The van der Waals surface area contributed by atoms with Crippen LogP contribution in [0.4, 0.5) is 10.5 Å². The van der Waals surface area contributed by atoms with Gasteiger partial charge in [0.15, 0.2) is 0 Å². The van der Waals surface area contributed by atoms with E-state index in [1.165, 1.54) is 0 Å². The molecule has 0 aliphatic rings. The fourth-order valence-electron chi connectivity index (χ4n) is 1.75. The van der Waals surface area contributed by atoms with Gasteiger partial charge in [0.25, 0.3) is 0 Å². The number of aliphatic hydroxyl groups excluding tert-OH is 1. The van der Waals surface area contributed by atoms with Gasteiger partial charge in [0.2, 0.25) is 0 Å². The fourth-order valence-corrected chi connectivity index (χ4v) is 1.75. The maximum atomic E-state index is 11.7. The van der Waals surface area contributed by atoms with Crippen LogP contribution in [0, 0.1) is 0 Å². The molecule has 0 saturated carbocycles. The van der Waals surface area contributed by atoms with E-state index in [0.717, 1.165) is 0 Å². The summed E-state index contributed by atoms with van der Waals surface area (Å²) in [6, 6.07) is 17.0. The fraction of sp³-hybridized carbons (Fsp3) is 0.188. The lowest BCUT2D eigenvalue weighted by Gasteiger charge is -2.19. The van der Waals surface area contributed by atoms with E-state index in [9.17, 15) is 15.1 Å². The molecular weight excluding hydrogens is 284 g/mol. The van der Waals surface area contributed by atoms with Crippen molar-refractivity contribution in [1.82, 2.24) is 5.06 Å². The van der Waals surface area contributed by atoms with Gasteiger partial charge >= 0.3 is 6.03 Å². The second-order valence-corrected chi connectivity index (χ2v) is 4.66. The van der Waals surface area contributed by atoms with Crippen LogP contribution in [0.5, 0.6) is 5.75 Å². The average Bonchev–Trinajstić information content (AvgIpc) is 2.55. The van der Waals surface area contributed by atoms with Gasteiger partial charge in [-0.2, -0.15) is 0 Å². The molecule has 6 heteroatoms. The predicted molar refractivity (Wildman–Crippen MR) is 81.9 cm³/mol. The van der Waals surface area contributed by atoms with Crippen molar-refractivity contribution in [3.05, 3.63) is 60.7 Å². The molecule has 1 unspecified atom stereocenters. The SMILES string of the molecule is O=C(Nc1ccccc1)N(O)CC(O)COc1ccccc1. The first kappa shape index (κ1) is 15.8. The number of rotatable bonds is 6. The van der Waals surface area contributed by atoms with Crippen molar-refractivity contribution >= 4 is 11.7 Å². The zero-order chi connectivity index (χ0) is 15.8. The third kappa shape index (κ3) is 5.08. The number of anilines is 1. The number of nitrogens with zero attached hydrogens (tertiary/aromatic N) is 1. The molecule has 22 heavy (non-hydrogen) atoms. The number of ether oxygens (including phenoxy) is 1. The van der Waals surface area contributed by atoms with E-state index in [2.05, 4.69) is 5.32 Å². The molecule has 0 aromatic heterocycles. The van der Waals surface area contributed by atoms with Gasteiger partial charge in [-0.15, -0.1) is 0 Å². The summed E-state index contributed by atoms with van der Waals surface area (Å²) in [5.74, 6) is 0.611. The summed E-state index contributed by atoms with van der Waals surface area (Å²) < 4.78 is 5.35. The van der Waals surface area contributed by atoms with Crippen molar-refractivity contribution in [3.8, 4) is 5.75 Å². The number of nitrogens with one attached hydrogen (secondary N) is 1. The summed E-state index contributed by atoms with van der Waals surface area (Å²) in [5.41, 5.74) is 0.557. The highest BCUT2D eigenvalue weighted by atomic mass is 16.5. The number of carbonyl (C=O) groups is 1. The molecule has 0 aliphatic carbocycles. The molecule has 0 heterocycles. The van der Waals surface area contributed by atoms with E-state index in [4.69, 9.17) is 4.74 Å². The van der Waals surface area contributed by atoms with E-state index >= 15 is 0 Å². The van der Waals surface area contributed by atoms with E-state index < -0.39 is 12.1 Å². The second kappa shape index (κ2) is 8.02. The van der Waals surface area contributed by atoms with Crippen LogP contribution < -0.4 is 10.1 Å². The van der Waals surface area contributed by atoms with Gasteiger partial charge in [0.1, 0.15) is 18.5 Å². The Kier molecular flexibility index (Phi) is 5.76. The molecule has 2 amide bonds. The quantitative estimate of drug-likeness (QED) is 0.565. The molecule has 0 radical (unpaired) electrons. The standard InChI is InChI=1S/C16H18N2O4/c19-14(12-22-15-9-5-2-6-10-15)11-18(21)16(20)17-13-7-3-1-4-8-13/h1-10,14,19,21H,11-12H2,(H,17,20). The van der Waals surface area contributed by atoms with Crippen molar-refractivity contribution < 1.29 is 19.8 Å².